The fraction of sp³-hybridized carbons (Fsp3) is 0.500. The van der Waals surface area contributed by atoms with Gasteiger partial charge in [0.1, 0.15) is 11.6 Å². The molecule has 6 aliphatic rings. The Hall–Kier alpha value is -5.76. The Morgan fingerprint density at radius 1 is 0.644 bits per heavy atom. The fourth-order valence-corrected chi connectivity index (χ4v) is 11.6. The van der Waals surface area contributed by atoms with Crippen molar-refractivity contribution < 1.29 is 57.9 Å². The van der Waals surface area contributed by atoms with Gasteiger partial charge in [-0.1, -0.05) is 39.1 Å². The number of alkyl halides is 4. The molecule has 4 aromatic rings. The van der Waals surface area contributed by atoms with Crippen molar-refractivity contribution in [1.82, 2.24) is 30.0 Å². The highest BCUT2D eigenvalue weighted by Crippen LogP contribution is 2.53. The molecule has 0 bridgehead atoms. The normalized spacial score (nSPS) is 21.6. The molecule has 10 rings (SSSR count). The molecule has 400 valence electrons. The second kappa shape index (κ2) is 21.6. The topological polar surface area (TPSA) is 183 Å². The summed E-state index contributed by atoms with van der Waals surface area (Å²) >= 11 is 0. The zero-order valence-electron chi connectivity index (χ0n) is 39.3. The number of amides is 2. The first-order valence-electron chi connectivity index (χ1n) is 22.9. The number of benzene rings is 2. The standard InChI is InChI=1S/C23H26F3N5O3S.C17H16F3N3O3S.C6H12N2O.2CH4/c1-15(32)30-10-8-29(9-11-30)13-16-4-3-5-18(21(16)24)19-6-7-20-22(27-19)28(2)35(33,34)31(20)14-17-12-23(17,25)26;1-22-16-14(23(27(22,25)26)8-11-7-17(11,19)20)6-5-13(21-16)12-4-2-3-10(9-24)15(12)18;1-6(9)8-4-2-7-3-5-8;;/h3-7,17H,8-14H2,1-2H3;2-6,11,24H,7-9H2,1H3;7H,2-5H2,1H3;2*1H4. The monoisotopic (exact) mass is 1070 g/mol. The minimum absolute atomic E-state index is 0. The molecule has 2 saturated carbocycles. The molecule has 25 heteroatoms. The SMILES string of the molecule is C.C.CC(=O)N1CCN(Cc2cccc(-c3ccc4c(n3)N(C)S(=O)(=O)N4CC3CC3(F)F)c2F)CC1.CC(=O)N1CCNCC1.CN1c2nc(-c3cccc(CO)c3F)ccc2N(CC2CC2(F)F)S1(=O)=O. The first-order valence-corrected chi connectivity index (χ1v) is 25.7. The summed E-state index contributed by atoms with van der Waals surface area (Å²) in [4.78, 5) is 36.6. The quantitative estimate of drug-likeness (QED) is 0.189. The lowest BCUT2D eigenvalue weighted by atomic mass is 10.0. The fourth-order valence-electron chi connectivity index (χ4n) is 8.76. The number of carbonyl (C=O) groups is 2. The largest absolute Gasteiger partial charge is 0.392 e. The second-order valence-corrected chi connectivity index (χ2v) is 21.9. The smallest absolute Gasteiger partial charge is 0.327 e. The molecule has 2 amide bonds. The predicted octanol–water partition coefficient (Wildman–Crippen LogP) is 5.95. The summed E-state index contributed by atoms with van der Waals surface area (Å²) in [5, 5.41) is 12.4. The number of halogens is 6. The number of hydrogen-bond acceptors (Lipinski definition) is 11. The van der Waals surface area contributed by atoms with E-state index >= 15 is 4.39 Å². The number of nitrogens with one attached hydrogen (secondary N) is 1. The number of aromatic nitrogens is 2. The van der Waals surface area contributed by atoms with E-state index in [9.17, 15) is 53.5 Å². The zero-order chi connectivity index (χ0) is 51.4. The molecule has 2 unspecified atom stereocenters. The van der Waals surface area contributed by atoms with Crippen LogP contribution in [0.15, 0.2) is 60.7 Å². The van der Waals surface area contributed by atoms with Crippen molar-refractivity contribution in [2.24, 2.45) is 11.8 Å². The number of nitrogens with zero attached hydrogens (tertiary/aromatic N) is 9. The van der Waals surface area contributed by atoms with E-state index in [0.717, 1.165) is 43.4 Å². The van der Waals surface area contributed by atoms with Gasteiger partial charge < -0.3 is 20.2 Å². The lowest BCUT2D eigenvalue weighted by molar-refractivity contribution is -0.131. The molecule has 2 aliphatic carbocycles. The van der Waals surface area contributed by atoms with Crippen LogP contribution in [0.4, 0.5) is 49.4 Å². The minimum Gasteiger partial charge on any atom is -0.392 e. The van der Waals surface area contributed by atoms with Gasteiger partial charge in [-0.15, -0.1) is 0 Å². The van der Waals surface area contributed by atoms with Crippen LogP contribution in [-0.2, 0) is 43.2 Å². The number of piperazine rings is 2. The van der Waals surface area contributed by atoms with Crippen LogP contribution in [0.2, 0.25) is 0 Å². The van der Waals surface area contributed by atoms with Crippen LogP contribution in [-0.4, -0.2) is 150 Å². The van der Waals surface area contributed by atoms with Crippen molar-refractivity contribution in [2.75, 3.05) is 96.8 Å². The maximum Gasteiger partial charge on any atom is 0.327 e. The number of rotatable bonds is 9. The van der Waals surface area contributed by atoms with Crippen LogP contribution in [0.3, 0.4) is 0 Å². The Bertz CT molecular complexity index is 2930. The van der Waals surface area contributed by atoms with Crippen molar-refractivity contribution in [3.8, 4) is 22.5 Å². The molecule has 2 aromatic heterocycles. The van der Waals surface area contributed by atoms with E-state index in [1.165, 1.54) is 57.4 Å². The van der Waals surface area contributed by atoms with Crippen molar-refractivity contribution in [3.05, 3.63) is 83.4 Å². The van der Waals surface area contributed by atoms with Crippen molar-refractivity contribution >= 4 is 55.2 Å². The highest BCUT2D eigenvalue weighted by Gasteiger charge is 2.60. The van der Waals surface area contributed by atoms with Crippen LogP contribution in [0, 0.1) is 23.5 Å². The number of hydrogen-bond donors (Lipinski definition) is 2. The summed E-state index contributed by atoms with van der Waals surface area (Å²) in [6.07, 6.45) is -0.686. The molecule has 4 aliphatic heterocycles. The Balaban J connectivity index is 0.000000203. The first-order chi connectivity index (χ1) is 33.5. The van der Waals surface area contributed by atoms with Crippen molar-refractivity contribution in [1.29, 1.82) is 0 Å². The highest BCUT2D eigenvalue weighted by atomic mass is 32.2. The summed E-state index contributed by atoms with van der Waals surface area (Å²) in [7, 11) is -5.47. The Morgan fingerprint density at radius 2 is 1.04 bits per heavy atom. The summed E-state index contributed by atoms with van der Waals surface area (Å²) in [6.45, 7) is 8.46. The number of fused-ring (bicyclic) bond motifs is 2. The average molecular weight is 1070 g/mol. The summed E-state index contributed by atoms with van der Waals surface area (Å²) in [5.41, 5.74) is 1.73. The van der Waals surface area contributed by atoms with E-state index < -0.39 is 62.3 Å². The maximum atomic E-state index is 15.5. The van der Waals surface area contributed by atoms with Crippen LogP contribution >= 0.6 is 0 Å². The number of aliphatic hydroxyl groups excluding tert-OH is 1. The molecular weight excluding hydrogens is 1010 g/mol. The molecule has 2 aromatic carbocycles. The van der Waals surface area contributed by atoms with E-state index in [1.54, 1.807) is 36.1 Å². The Kier molecular flexibility index (Phi) is 16.7. The Morgan fingerprint density at radius 3 is 1.42 bits per heavy atom. The number of pyridine rings is 2. The minimum atomic E-state index is -4.03. The van der Waals surface area contributed by atoms with Gasteiger partial charge in [-0.2, -0.15) is 16.8 Å². The van der Waals surface area contributed by atoms with E-state index in [1.807, 2.05) is 4.90 Å². The van der Waals surface area contributed by atoms with Gasteiger partial charge in [0, 0.05) is 147 Å². The molecule has 2 N–H and O–H groups in total. The van der Waals surface area contributed by atoms with Gasteiger partial charge in [-0.3, -0.25) is 14.5 Å². The van der Waals surface area contributed by atoms with Crippen molar-refractivity contribution in [3.63, 3.8) is 0 Å². The summed E-state index contributed by atoms with van der Waals surface area (Å²) < 4.78 is 138. The first kappa shape index (κ1) is 56.5. The lowest BCUT2D eigenvalue weighted by Gasteiger charge is -2.34. The van der Waals surface area contributed by atoms with Gasteiger partial charge in [0.2, 0.25) is 11.8 Å². The molecule has 2 atom stereocenters. The summed E-state index contributed by atoms with van der Waals surface area (Å²) in [6, 6.07) is 15.3. The van der Waals surface area contributed by atoms with E-state index in [4.69, 9.17) is 0 Å². The molecule has 2 saturated heterocycles. The van der Waals surface area contributed by atoms with E-state index in [0.29, 0.717) is 38.3 Å². The maximum absolute atomic E-state index is 15.5. The molecule has 0 radical (unpaired) electrons. The van der Waals surface area contributed by atoms with Gasteiger partial charge in [-0.05, 0) is 36.4 Å². The van der Waals surface area contributed by atoms with Gasteiger partial charge in [0.15, 0.2) is 11.6 Å². The van der Waals surface area contributed by atoms with Crippen molar-refractivity contribution in [2.45, 2.75) is 66.5 Å². The van der Waals surface area contributed by atoms with Crippen LogP contribution in [0.25, 0.3) is 22.5 Å². The molecule has 0 spiro atoms. The van der Waals surface area contributed by atoms with E-state index in [-0.39, 0.29) is 104 Å². The predicted molar refractivity (Wildman–Crippen MR) is 267 cm³/mol. The third-order valence-electron chi connectivity index (χ3n) is 13.4. The molecule has 6 heterocycles. The van der Waals surface area contributed by atoms with Crippen LogP contribution < -0.4 is 22.5 Å². The van der Waals surface area contributed by atoms with Gasteiger partial charge >= 0.3 is 20.4 Å². The average Bonchev–Trinajstić information content (AvgIpc) is 4.13. The molecular formula is C48H62F6N10O7S2. The highest BCUT2D eigenvalue weighted by molar-refractivity contribution is 7.95. The van der Waals surface area contributed by atoms with Gasteiger partial charge in [-0.25, -0.2) is 53.5 Å². The zero-order valence-corrected chi connectivity index (χ0v) is 41.0. The van der Waals surface area contributed by atoms with Crippen LogP contribution in [0.1, 0.15) is 52.7 Å². The third kappa shape index (κ3) is 11.5. The van der Waals surface area contributed by atoms with E-state index in [2.05, 4.69) is 20.2 Å². The third-order valence-corrected chi connectivity index (χ3v) is 17.0. The van der Waals surface area contributed by atoms with Gasteiger partial charge in [0.25, 0.3) is 11.8 Å². The molecule has 17 nitrogen and oxygen atoms in total. The molecule has 4 fully saturated rings. The Labute approximate surface area is 422 Å². The molecule has 73 heavy (non-hydrogen) atoms. The summed E-state index contributed by atoms with van der Waals surface area (Å²) in [5.74, 6) is -8.51. The number of carbonyl (C=O) groups excluding carboxylic acids is 2. The second-order valence-electron chi connectivity index (χ2n) is 18.2. The number of aliphatic hydroxyl groups is 1. The van der Waals surface area contributed by atoms with Crippen LogP contribution in [0.5, 0.6) is 0 Å². The lowest BCUT2D eigenvalue weighted by Crippen LogP contribution is -2.47. The number of anilines is 4. The van der Waals surface area contributed by atoms with Gasteiger partial charge in [0.05, 0.1) is 29.4 Å².